The zero-order chi connectivity index (χ0) is 12.1. The van der Waals surface area contributed by atoms with Crippen LogP contribution in [0.3, 0.4) is 0 Å². The summed E-state index contributed by atoms with van der Waals surface area (Å²) in [6, 6.07) is 0.802. The molecule has 1 heterocycles. The summed E-state index contributed by atoms with van der Waals surface area (Å²) >= 11 is 0. The fourth-order valence-corrected chi connectivity index (χ4v) is 3.18. The standard InChI is InChI=1S/C14H26N2O/c1-2-14(17)16-11-9-15(10-12-16)13-7-5-3-4-6-8-13/h13H,2-12H2,1H3. The Morgan fingerprint density at radius 2 is 1.59 bits per heavy atom. The molecule has 0 radical (unpaired) electrons. The maximum atomic E-state index is 11.6. The number of hydrogen-bond donors (Lipinski definition) is 0. The Bertz CT molecular complexity index is 239. The van der Waals surface area contributed by atoms with Gasteiger partial charge in [0.15, 0.2) is 0 Å². The lowest BCUT2D eigenvalue weighted by molar-refractivity contribution is -0.132. The van der Waals surface area contributed by atoms with E-state index in [-0.39, 0.29) is 0 Å². The molecule has 0 spiro atoms. The van der Waals surface area contributed by atoms with E-state index in [0.717, 1.165) is 32.2 Å². The van der Waals surface area contributed by atoms with Crippen LogP contribution in [0.25, 0.3) is 0 Å². The van der Waals surface area contributed by atoms with Crippen molar-refractivity contribution < 1.29 is 4.79 Å². The van der Waals surface area contributed by atoms with Crippen molar-refractivity contribution in [1.29, 1.82) is 0 Å². The lowest BCUT2D eigenvalue weighted by Crippen LogP contribution is -2.51. The average Bonchev–Trinajstić information content (AvgIpc) is 2.67. The van der Waals surface area contributed by atoms with Crippen LogP contribution in [0.5, 0.6) is 0 Å². The Kier molecular flexibility index (Phi) is 4.84. The van der Waals surface area contributed by atoms with Gasteiger partial charge in [-0.25, -0.2) is 0 Å². The summed E-state index contributed by atoms with van der Waals surface area (Å²) < 4.78 is 0. The van der Waals surface area contributed by atoms with E-state index in [2.05, 4.69) is 4.90 Å². The Morgan fingerprint density at radius 3 is 2.12 bits per heavy atom. The SMILES string of the molecule is CCC(=O)N1CCN(C2CCCCCC2)CC1. The third kappa shape index (κ3) is 3.44. The minimum atomic E-state index is 0.325. The van der Waals surface area contributed by atoms with E-state index >= 15 is 0 Å². The molecule has 0 aromatic rings. The van der Waals surface area contributed by atoms with Gasteiger partial charge in [0.1, 0.15) is 0 Å². The second-order valence-electron chi connectivity index (χ2n) is 5.42. The van der Waals surface area contributed by atoms with E-state index in [9.17, 15) is 4.79 Å². The van der Waals surface area contributed by atoms with E-state index in [1.165, 1.54) is 38.5 Å². The van der Waals surface area contributed by atoms with Crippen LogP contribution in [-0.4, -0.2) is 47.9 Å². The van der Waals surface area contributed by atoms with E-state index < -0.39 is 0 Å². The zero-order valence-corrected chi connectivity index (χ0v) is 11.2. The van der Waals surface area contributed by atoms with Gasteiger partial charge in [0.25, 0.3) is 0 Å². The number of carbonyl (C=O) groups is 1. The normalized spacial score (nSPS) is 24.6. The van der Waals surface area contributed by atoms with Crippen molar-refractivity contribution in [2.45, 2.75) is 57.9 Å². The molecule has 2 rings (SSSR count). The minimum absolute atomic E-state index is 0.325. The minimum Gasteiger partial charge on any atom is -0.340 e. The van der Waals surface area contributed by atoms with Crippen LogP contribution >= 0.6 is 0 Å². The molecule has 0 unspecified atom stereocenters. The second kappa shape index (κ2) is 6.39. The third-order valence-corrected chi connectivity index (χ3v) is 4.31. The van der Waals surface area contributed by atoms with Crippen molar-refractivity contribution in [3.63, 3.8) is 0 Å². The molecule has 17 heavy (non-hydrogen) atoms. The predicted octanol–water partition coefficient (Wildman–Crippen LogP) is 2.26. The highest BCUT2D eigenvalue weighted by Gasteiger charge is 2.25. The molecule has 2 aliphatic rings. The van der Waals surface area contributed by atoms with Crippen LogP contribution in [0.1, 0.15) is 51.9 Å². The van der Waals surface area contributed by atoms with Crippen LogP contribution in [-0.2, 0) is 4.79 Å². The number of nitrogens with zero attached hydrogens (tertiary/aromatic N) is 2. The van der Waals surface area contributed by atoms with E-state index in [0.29, 0.717) is 12.3 Å². The van der Waals surface area contributed by atoms with Crippen LogP contribution in [0, 0.1) is 0 Å². The highest BCUT2D eigenvalue weighted by molar-refractivity contribution is 5.75. The fourth-order valence-electron chi connectivity index (χ4n) is 3.18. The molecule has 1 saturated heterocycles. The summed E-state index contributed by atoms with van der Waals surface area (Å²) in [7, 11) is 0. The van der Waals surface area contributed by atoms with Crippen LogP contribution in [0.4, 0.5) is 0 Å². The Hall–Kier alpha value is -0.570. The molecule has 3 nitrogen and oxygen atoms in total. The first-order chi connectivity index (χ1) is 8.31. The molecule has 3 heteroatoms. The average molecular weight is 238 g/mol. The van der Waals surface area contributed by atoms with Crippen molar-refractivity contribution in [2.24, 2.45) is 0 Å². The van der Waals surface area contributed by atoms with Gasteiger partial charge in [-0.05, 0) is 12.8 Å². The van der Waals surface area contributed by atoms with Gasteiger partial charge in [0.2, 0.25) is 5.91 Å². The number of rotatable bonds is 2. The summed E-state index contributed by atoms with van der Waals surface area (Å²) in [6.45, 7) is 6.04. The third-order valence-electron chi connectivity index (χ3n) is 4.31. The number of amides is 1. The van der Waals surface area contributed by atoms with E-state index in [1.807, 2.05) is 11.8 Å². The molecule has 0 N–H and O–H groups in total. The molecule has 0 atom stereocenters. The molecular formula is C14H26N2O. The number of hydrogen-bond acceptors (Lipinski definition) is 2. The molecule has 1 aliphatic carbocycles. The highest BCUT2D eigenvalue weighted by atomic mass is 16.2. The molecule has 1 aliphatic heterocycles. The van der Waals surface area contributed by atoms with E-state index in [4.69, 9.17) is 0 Å². The molecular weight excluding hydrogens is 212 g/mol. The van der Waals surface area contributed by atoms with Crippen molar-refractivity contribution in [2.75, 3.05) is 26.2 Å². The summed E-state index contributed by atoms with van der Waals surface area (Å²) in [5, 5.41) is 0. The Labute approximate surface area is 105 Å². The Balaban J connectivity index is 1.79. The molecule has 98 valence electrons. The molecule has 0 aromatic carbocycles. The van der Waals surface area contributed by atoms with Gasteiger partial charge in [-0.15, -0.1) is 0 Å². The zero-order valence-electron chi connectivity index (χ0n) is 11.2. The van der Waals surface area contributed by atoms with Crippen LogP contribution in [0.2, 0.25) is 0 Å². The van der Waals surface area contributed by atoms with Crippen molar-refractivity contribution in [3.8, 4) is 0 Å². The largest absolute Gasteiger partial charge is 0.340 e. The first-order valence-electron chi connectivity index (χ1n) is 7.33. The van der Waals surface area contributed by atoms with Gasteiger partial charge in [-0.3, -0.25) is 9.69 Å². The maximum Gasteiger partial charge on any atom is 0.222 e. The topological polar surface area (TPSA) is 23.6 Å². The predicted molar refractivity (Wildman–Crippen MR) is 69.9 cm³/mol. The van der Waals surface area contributed by atoms with Gasteiger partial charge in [0, 0.05) is 38.6 Å². The molecule has 0 bridgehead atoms. The smallest absolute Gasteiger partial charge is 0.222 e. The molecule has 1 amide bonds. The van der Waals surface area contributed by atoms with Gasteiger partial charge in [-0.2, -0.15) is 0 Å². The van der Waals surface area contributed by atoms with Crippen molar-refractivity contribution in [3.05, 3.63) is 0 Å². The second-order valence-corrected chi connectivity index (χ2v) is 5.42. The van der Waals surface area contributed by atoms with E-state index in [1.54, 1.807) is 0 Å². The lowest BCUT2D eigenvalue weighted by atomic mass is 10.1. The van der Waals surface area contributed by atoms with Gasteiger partial charge in [0.05, 0.1) is 0 Å². The summed E-state index contributed by atoms with van der Waals surface area (Å²) in [4.78, 5) is 16.3. The fraction of sp³-hybridized carbons (Fsp3) is 0.929. The number of piperazine rings is 1. The summed E-state index contributed by atoms with van der Waals surface area (Å²) in [5.41, 5.74) is 0. The van der Waals surface area contributed by atoms with Gasteiger partial charge >= 0.3 is 0 Å². The highest BCUT2D eigenvalue weighted by Crippen LogP contribution is 2.22. The van der Waals surface area contributed by atoms with Crippen molar-refractivity contribution in [1.82, 2.24) is 9.80 Å². The van der Waals surface area contributed by atoms with Crippen LogP contribution in [0.15, 0.2) is 0 Å². The maximum absolute atomic E-state index is 11.6. The first kappa shape index (κ1) is 12.9. The molecule has 2 fully saturated rings. The summed E-state index contributed by atoms with van der Waals surface area (Å²) in [6.07, 6.45) is 9.06. The van der Waals surface area contributed by atoms with Gasteiger partial charge < -0.3 is 4.90 Å². The quantitative estimate of drug-likeness (QED) is 0.689. The van der Waals surface area contributed by atoms with Gasteiger partial charge in [-0.1, -0.05) is 32.6 Å². The van der Waals surface area contributed by atoms with Crippen LogP contribution < -0.4 is 0 Å². The van der Waals surface area contributed by atoms with Crippen molar-refractivity contribution >= 4 is 5.91 Å². The molecule has 1 saturated carbocycles. The lowest BCUT2D eigenvalue weighted by Gasteiger charge is -2.39. The monoisotopic (exact) mass is 238 g/mol. The summed E-state index contributed by atoms with van der Waals surface area (Å²) in [5.74, 6) is 0.325. The first-order valence-corrected chi connectivity index (χ1v) is 7.33. The Morgan fingerprint density at radius 1 is 1.00 bits per heavy atom. The number of carbonyl (C=O) groups excluding carboxylic acids is 1. The molecule has 0 aromatic heterocycles.